The van der Waals surface area contributed by atoms with E-state index < -0.39 is 0 Å². The molecule has 0 aliphatic carbocycles. The molecule has 0 saturated carbocycles. The van der Waals surface area contributed by atoms with Gasteiger partial charge in [-0.1, -0.05) is 30.8 Å². The van der Waals surface area contributed by atoms with Crippen molar-refractivity contribution in [3.05, 3.63) is 30.6 Å². The molecular formula is C17H21N5OS2. The van der Waals surface area contributed by atoms with Crippen molar-refractivity contribution in [1.82, 2.24) is 14.8 Å². The SMILES string of the molecule is CC(C)n1cnnc1SCC(=O)Nc1ccccc1S[C@H](C)CC#N. The number of aromatic nitrogens is 3. The van der Waals surface area contributed by atoms with Gasteiger partial charge in [0.1, 0.15) is 6.33 Å². The summed E-state index contributed by atoms with van der Waals surface area (Å²) in [6, 6.07) is 10.1. The van der Waals surface area contributed by atoms with Gasteiger partial charge in [0.2, 0.25) is 5.91 Å². The molecule has 0 unspecified atom stereocenters. The number of anilines is 1. The van der Waals surface area contributed by atoms with Gasteiger partial charge < -0.3 is 9.88 Å². The van der Waals surface area contributed by atoms with Crippen LogP contribution in [0, 0.1) is 11.3 Å². The Morgan fingerprint density at radius 1 is 1.36 bits per heavy atom. The highest BCUT2D eigenvalue weighted by molar-refractivity contribution is 8.00. The first-order valence-corrected chi connectivity index (χ1v) is 9.82. The van der Waals surface area contributed by atoms with Crippen molar-refractivity contribution in [3.8, 4) is 6.07 Å². The highest BCUT2D eigenvalue weighted by atomic mass is 32.2. The number of carbonyl (C=O) groups excluding carboxylic acids is 1. The number of nitriles is 1. The third-order valence-corrected chi connectivity index (χ3v) is 5.43. The predicted molar refractivity (Wildman–Crippen MR) is 102 cm³/mol. The lowest BCUT2D eigenvalue weighted by Crippen LogP contribution is -2.15. The van der Waals surface area contributed by atoms with Crippen molar-refractivity contribution in [2.75, 3.05) is 11.1 Å². The summed E-state index contributed by atoms with van der Waals surface area (Å²) in [6.07, 6.45) is 2.14. The van der Waals surface area contributed by atoms with Crippen LogP contribution in [0.25, 0.3) is 0 Å². The van der Waals surface area contributed by atoms with Gasteiger partial charge in [-0.15, -0.1) is 22.0 Å². The Labute approximate surface area is 156 Å². The number of nitrogens with one attached hydrogen (secondary N) is 1. The van der Waals surface area contributed by atoms with Crippen LogP contribution in [-0.2, 0) is 4.79 Å². The van der Waals surface area contributed by atoms with Crippen LogP contribution in [0.4, 0.5) is 5.69 Å². The van der Waals surface area contributed by atoms with Gasteiger partial charge in [0.05, 0.1) is 17.5 Å². The maximum Gasteiger partial charge on any atom is 0.234 e. The van der Waals surface area contributed by atoms with Crippen LogP contribution < -0.4 is 5.32 Å². The lowest BCUT2D eigenvalue weighted by molar-refractivity contribution is -0.113. The van der Waals surface area contributed by atoms with Gasteiger partial charge in [0, 0.05) is 22.6 Å². The topological polar surface area (TPSA) is 83.6 Å². The van der Waals surface area contributed by atoms with Gasteiger partial charge in [0.15, 0.2) is 5.16 Å². The van der Waals surface area contributed by atoms with Gasteiger partial charge in [0.25, 0.3) is 0 Å². The minimum absolute atomic E-state index is 0.0932. The Hall–Kier alpha value is -1.98. The van der Waals surface area contributed by atoms with Crippen molar-refractivity contribution in [2.24, 2.45) is 0 Å². The second kappa shape index (κ2) is 9.49. The number of nitrogens with zero attached hydrogens (tertiary/aromatic N) is 4. The molecule has 25 heavy (non-hydrogen) atoms. The van der Waals surface area contributed by atoms with Crippen LogP contribution in [0.2, 0.25) is 0 Å². The molecule has 1 aromatic heterocycles. The molecule has 1 aromatic carbocycles. The lowest BCUT2D eigenvalue weighted by atomic mass is 10.3. The van der Waals surface area contributed by atoms with Crippen LogP contribution in [0.5, 0.6) is 0 Å². The summed E-state index contributed by atoms with van der Waals surface area (Å²) in [4.78, 5) is 13.3. The largest absolute Gasteiger partial charge is 0.324 e. The Bertz CT molecular complexity index is 753. The third kappa shape index (κ3) is 5.80. The second-order valence-electron chi connectivity index (χ2n) is 5.74. The standard InChI is InChI=1S/C17H21N5OS2/c1-12(2)22-11-19-21-17(22)24-10-16(23)20-14-6-4-5-7-15(14)25-13(3)8-9-18/h4-7,11-13H,8,10H2,1-3H3,(H,20,23)/t13-/m1/s1. The molecule has 0 bridgehead atoms. The normalized spacial score (nSPS) is 12.0. The number of para-hydroxylation sites is 1. The molecule has 0 fully saturated rings. The molecule has 0 saturated heterocycles. The number of amides is 1. The van der Waals surface area contributed by atoms with Crippen molar-refractivity contribution < 1.29 is 4.79 Å². The maximum atomic E-state index is 12.3. The van der Waals surface area contributed by atoms with E-state index >= 15 is 0 Å². The number of rotatable bonds is 8. The zero-order valence-corrected chi connectivity index (χ0v) is 16.1. The number of thioether (sulfide) groups is 2. The summed E-state index contributed by atoms with van der Waals surface area (Å²) in [7, 11) is 0. The van der Waals surface area contributed by atoms with E-state index in [0.29, 0.717) is 6.42 Å². The Morgan fingerprint density at radius 3 is 2.84 bits per heavy atom. The van der Waals surface area contributed by atoms with E-state index in [1.165, 1.54) is 11.8 Å². The summed E-state index contributed by atoms with van der Waals surface area (Å²) < 4.78 is 1.94. The average Bonchev–Trinajstić information content (AvgIpc) is 3.04. The highest BCUT2D eigenvalue weighted by Crippen LogP contribution is 2.31. The molecule has 1 N–H and O–H groups in total. The number of benzene rings is 1. The Balaban J connectivity index is 1.96. The smallest absolute Gasteiger partial charge is 0.234 e. The van der Waals surface area contributed by atoms with Crippen molar-refractivity contribution in [3.63, 3.8) is 0 Å². The molecule has 0 aliphatic rings. The summed E-state index contributed by atoms with van der Waals surface area (Å²) in [6.45, 7) is 6.09. The van der Waals surface area contributed by atoms with Crippen LogP contribution in [0.15, 0.2) is 40.6 Å². The Morgan fingerprint density at radius 2 is 2.12 bits per heavy atom. The molecule has 0 aliphatic heterocycles. The van der Waals surface area contributed by atoms with Crippen LogP contribution in [0.1, 0.15) is 33.2 Å². The molecular weight excluding hydrogens is 354 g/mol. The van der Waals surface area contributed by atoms with E-state index in [2.05, 4.69) is 21.6 Å². The first-order chi connectivity index (χ1) is 12.0. The molecule has 1 atom stereocenters. The van der Waals surface area contributed by atoms with E-state index in [1.807, 2.05) is 49.6 Å². The van der Waals surface area contributed by atoms with Crippen LogP contribution >= 0.6 is 23.5 Å². The lowest BCUT2D eigenvalue weighted by Gasteiger charge is -2.13. The number of hydrogen-bond acceptors (Lipinski definition) is 6. The molecule has 0 radical (unpaired) electrons. The Kier molecular flexibility index (Phi) is 7.34. The molecule has 132 valence electrons. The van der Waals surface area contributed by atoms with Gasteiger partial charge >= 0.3 is 0 Å². The molecule has 1 heterocycles. The van der Waals surface area contributed by atoms with Gasteiger partial charge in [-0.05, 0) is 26.0 Å². The van der Waals surface area contributed by atoms with E-state index in [1.54, 1.807) is 18.1 Å². The zero-order chi connectivity index (χ0) is 18.2. The minimum atomic E-state index is -0.0932. The fourth-order valence-electron chi connectivity index (χ4n) is 2.07. The van der Waals surface area contributed by atoms with E-state index in [0.717, 1.165) is 15.7 Å². The number of carbonyl (C=O) groups is 1. The first-order valence-electron chi connectivity index (χ1n) is 7.96. The molecule has 0 spiro atoms. The minimum Gasteiger partial charge on any atom is -0.324 e. The van der Waals surface area contributed by atoms with E-state index in [-0.39, 0.29) is 23.0 Å². The summed E-state index contributed by atoms with van der Waals surface area (Å²) in [5, 5.41) is 20.6. The fraction of sp³-hybridized carbons (Fsp3) is 0.412. The maximum absolute atomic E-state index is 12.3. The number of hydrogen-bond donors (Lipinski definition) is 1. The molecule has 1 amide bonds. The second-order valence-corrected chi connectivity index (χ2v) is 8.16. The molecule has 8 heteroatoms. The third-order valence-electron chi connectivity index (χ3n) is 3.30. The van der Waals surface area contributed by atoms with Gasteiger partial charge in [-0.25, -0.2) is 0 Å². The first kappa shape index (κ1) is 19.3. The van der Waals surface area contributed by atoms with Crippen LogP contribution in [0.3, 0.4) is 0 Å². The quantitative estimate of drug-likeness (QED) is 0.703. The highest BCUT2D eigenvalue weighted by Gasteiger charge is 2.13. The predicted octanol–water partition coefficient (Wildman–Crippen LogP) is 3.98. The summed E-state index contributed by atoms with van der Waals surface area (Å²) in [5.41, 5.74) is 0.771. The molecule has 2 aromatic rings. The van der Waals surface area contributed by atoms with Crippen molar-refractivity contribution in [1.29, 1.82) is 5.26 Å². The van der Waals surface area contributed by atoms with E-state index in [4.69, 9.17) is 5.26 Å². The van der Waals surface area contributed by atoms with Crippen LogP contribution in [-0.4, -0.2) is 31.7 Å². The van der Waals surface area contributed by atoms with Crippen molar-refractivity contribution in [2.45, 2.75) is 48.5 Å². The summed E-state index contributed by atoms with van der Waals surface area (Å²) >= 11 is 2.95. The average molecular weight is 376 g/mol. The van der Waals surface area contributed by atoms with Gasteiger partial charge in [-0.3, -0.25) is 4.79 Å². The summed E-state index contributed by atoms with van der Waals surface area (Å²) in [5.74, 6) is 0.169. The zero-order valence-electron chi connectivity index (χ0n) is 14.5. The van der Waals surface area contributed by atoms with Gasteiger partial charge in [-0.2, -0.15) is 5.26 Å². The van der Waals surface area contributed by atoms with Crippen molar-refractivity contribution >= 4 is 35.1 Å². The molecule has 6 nitrogen and oxygen atoms in total. The fourth-order valence-corrected chi connectivity index (χ4v) is 3.90. The molecule has 2 rings (SSSR count). The van der Waals surface area contributed by atoms with E-state index in [9.17, 15) is 4.79 Å². The monoisotopic (exact) mass is 375 g/mol.